The van der Waals surface area contributed by atoms with E-state index in [1.807, 2.05) is 36.4 Å². The lowest BCUT2D eigenvalue weighted by atomic mass is 10.0. The van der Waals surface area contributed by atoms with Crippen LogP contribution >= 0.6 is 0 Å². The van der Waals surface area contributed by atoms with Crippen LogP contribution in [-0.4, -0.2) is 0 Å². The van der Waals surface area contributed by atoms with Crippen LogP contribution in [0.4, 0.5) is 4.39 Å². The number of benzene rings is 3. The van der Waals surface area contributed by atoms with Gasteiger partial charge in [-0.15, -0.1) is 0 Å². The summed E-state index contributed by atoms with van der Waals surface area (Å²) in [7, 11) is 0. The van der Waals surface area contributed by atoms with Crippen LogP contribution in [0.2, 0.25) is 0 Å². The molecular formula is C33H35F. The molecule has 0 unspecified atom stereocenters. The molecule has 3 aromatic carbocycles. The summed E-state index contributed by atoms with van der Waals surface area (Å²) in [6, 6.07) is 21.8. The molecule has 0 aliphatic rings. The van der Waals surface area contributed by atoms with Gasteiger partial charge in [0, 0.05) is 22.3 Å². The van der Waals surface area contributed by atoms with Crippen molar-refractivity contribution in [1.29, 1.82) is 0 Å². The van der Waals surface area contributed by atoms with Crippen LogP contribution in [0.5, 0.6) is 0 Å². The maximum absolute atomic E-state index is 14.4. The van der Waals surface area contributed by atoms with Gasteiger partial charge < -0.3 is 0 Å². The first-order chi connectivity index (χ1) is 16.7. The molecule has 174 valence electrons. The van der Waals surface area contributed by atoms with Crippen molar-refractivity contribution in [2.75, 3.05) is 0 Å². The molecule has 0 aliphatic heterocycles. The Bertz CT molecular complexity index is 1150. The van der Waals surface area contributed by atoms with Gasteiger partial charge in [0.2, 0.25) is 0 Å². The van der Waals surface area contributed by atoms with Crippen LogP contribution < -0.4 is 0 Å². The second-order valence-corrected chi connectivity index (χ2v) is 8.85. The van der Waals surface area contributed by atoms with Gasteiger partial charge >= 0.3 is 0 Å². The summed E-state index contributed by atoms with van der Waals surface area (Å²) in [5.74, 6) is 12.5. The summed E-state index contributed by atoms with van der Waals surface area (Å²) >= 11 is 0. The minimum atomic E-state index is -0.147. The Balaban J connectivity index is 1.56. The lowest BCUT2D eigenvalue weighted by Crippen LogP contribution is -1.92. The number of hydrogen-bond acceptors (Lipinski definition) is 0. The van der Waals surface area contributed by atoms with E-state index in [9.17, 15) is 4.39 Å². The Morgan fingerprint density at radius 2 is 1.03 bits per heavy atom. The van der Waals surface area contributed by atoms with Crippen molar-refractivity contribution in [3.8, 4) is 23.7 Å². The third-order valence-electron chi connectivity index (χ3n) is 5.96. The molecule has 0 radical (unpaired) electrons. The van der Waals surface area contributed by atoms with Crippen molar-refractivity contribution < 1.29 is 4.39 Å². The zero-order valence-electron chi connectivity index (χ0n) is 20.6. The van der Waals surface area contributed by atoms with Crippen LogP contribution in [0.15, 0.2) is 66.7 Å². The van der Waals surface area contributed by atoms with Crippen molar-refractivity contribution >= 4 is 0 Å². The highest BCUT2D eigenvalue weighted by Gasteiger charge is 2.03. The Kier molecular flexibility index (Phi) is 10.5. The minimum absolute atomic E-state index is 0.147. The first kappa shape index (κ1) is 25.3. The van der Waals surface area contributed by atoms with E-state index < -0.39 is 0 Å². The van der Waals surface area contributed by atoms with E-state index in [1.165, 1.54) is 44.1 Å². The number of hydrogen-bond donors (Lipinski definition) is 0. The summed E-state index contributed by atoms with van der Waals surface area (Å²) in [6.07, 6.45) is 10.3. The quantitative estimate of drug-likeness (QED) is 0.226. The molecular weight excluding hydrogens is 415 g/mol. The summed E-state index contributed by atoms with van der Waals surface area (Å²) in [6.45, 7) is 4.42. The van der Waals surface area contributed by atoms with Gasteiger partial charge in [0.15, 0.2) is 0 Å². The molecule has 0 heterocycles. The Labute approximate surface area is 205 Å². The summed E-state index contributed by atoms with van der Waals surface area (Å²) < 4.78 is 14.4. The van der Waals surface area contributed by atoms with Gasteiger partial charge in [-0.05, 0) is 85.3 Å². The number of rotatable bonds is 9. The smallest absolute Gasteiger partial charge is 0.127 e. The maximum atomic E-state index is 14.4. The Morgan fingerprint density at radius 3 is 1.59 bits per heavy atom. The van der Waals surface area contributed by atoms with Crippen LogP contribution in [0, 0.1) is 29.5 Å². The van der Waals surface area contributed by atoms with E-state index in [4.69, 9.17) is 0 Å². The summed E-state index contributed by atoms with van der Waals surface area (Å²) in [4.78, 5) is 0. The molecule has 0 spiro atoms. The molecule has 0 aromatic heterocycles. The Morgan fingerprint density at radius 1 is 0.529 bits per heavy atom. The minimum Gasteiger partial charge on any atom is -0.207 e. The van der Waals surface area contributed by atoms with Crippen molar-refractivity contribution in [1.82, 2.24) is 0 Å². The van der Waals surface area contributed by atoms with Crippen LogP contribution in [0.3, 0.4) is 0 Å². The zero-order valence-corrected chi connectivity index (χ0v) is 20.6. The van der Waals surface area contributed by atoms with Crippen molar-refractivity contribution in [3.05, 3.63) is 106 Å². The van der Waals surface area contributed by atoms with Gasteiger partial charge in [0.1, 0.15) is 5.82 Å². The predicted molar refractivity (Wildman–Crippen MR) is 142 cm³/mol. The first-order valence-electron chi connectivity index (χ1n) is 12.7. The van der Waals surface area contributed by atoms with Crippen LogP contribution in [0.25, 0.3) is 0 Å². The van der Waals surface area contributed by atoms with Crippen LogP contribution in [0.1, 0.15) is 92.2 Å². The fourth-order valence-corrected chi connectivity index (χ4v) is 3.81. The third kappa shape index (κ3) is 8.57. The van der Waals surface area contributed by atoms with Gasteiger partial charge in [-0.2, -0.15) is 0 Å². The molecule has 0 saturated heterocycles. The normalized spacial score (nSPS) is 10.2. The van der Waals surface area contributed by atoms with Gasteiger partial charge in [-0.1, -0.05) is 87.8 Å². The van der Waals surface area contributed by atoms with Crippen molar-refractivity contribution in [2.45, 2.75) is 71.6 Å². The molecule has 3 aromatic rings. The predicted octanol–water partition coefficient (Wildman–Crippen LogP) is 8.48. The number of aryl methyl sites for hydroxylation is 2. The van der Waals surface area contributed by atoms with Gasteiger partial charge in [0.05, 0.1) is 0 Å². The van der Waals surface area contributed by atoms with E-state index in [0.717, 1.165) is 41.5 Å². The van der Waals surface area contributed by atoms with E-state index >= 15 is 0 Å². The lowest BCUT2D eigenvalue weighted by molar-refractivity contribution is 0.587. The average Bonchev–Trinajstić information content (AvgIpc) is 2.87. The van der Waals surface area contributed by atoms with E-state index in [2.05, 4.69) is 61.8 Å². The summed E-state index contributed by atoms with van der Waals surface area (Å²) in [5, 5.41) is 0. The SMILES string of the molecule is CCCCCCCc1ccc(C#Cc2ccc(C#Cc3ccc(CCCC)cc3)cc2)cc1F. The largest absolute Gasteiger partial charge is 0.207 e. The maximum Gasteiger partial charge on any atom is 0.127 e. The highest BCUT2D eigenvalue weighted by Crippen LogP contribution is 2.15. The Hall–Kier alpha value is -3.29. The van der Waals surface area contributed by atoms with E-state index in [-0.39, 0.29) is 5.82 Å². The zero-order chi connectivity index (χ0) is 24.0. The van der Waals surface area contributed by atoms with Gasteiger partial charge in [0.25, 0.3) is 0 Å². The second-order valence-electron chi connectivity index (χ2n) is 8.85. The first-order valence-corrected chi connectivity index (χ1v) is 12.7. The average molecular weight is 451 g/mol. The van der Waals surface area contributed by atoms with E-state index in [1.54, 1.807) is 6.07 Å². The molecule has 0 atom stereocenters. The molecule has 0 saturated carbocycles. The molecule has 1 heteroatoms. The fraction of sp³-hybridized carbons (Fsp3) is 0.333. The van der Waals surface area contributed by atoms with E-state index in [0.29, 0.717) is 5.56 Å². The molecule has 0 fully saturated rings. The van der Waals surface area contributed by atoms with Crippen molar-refractivity contribution in [2.24, 2.45) is 0 Å². The standard InChI is InChI=1S/C33H35F/c1-3-5-7-8-9-11-32-25-24-31(26-33(32)34)23-22-30-20-18-29(19-21-30)17-16-28-14-12-27(13-15-28)10-6-4-2/h12-15,18-21,24-26H,3-11H2,1-2H3. The monoisotopic (exact) mass is 450 g/mol. The number of unbranched alkanes of at least 4 members (excludes halogenated alkanes) is 5. The molecule has 34 heavy (non-hydrogen) atoms. The second kappa shape index (κ2) is 14.1. The molecule has 0 N–H and O–H groups in total. The highest BCUT2D eigenvalue weighted by atomic mass is 19.1. The van der Waals surface area contributed by atoms with Crippen LogP contribution in [-0.2, 0) is 12.8 Å². The fourth-order valence-electron chi connectivity index (χ4n) is 3.81. The molecule has 3 rings (SSSR count). The molecule has 0 aliphatic carbocycles. The molecule has 0 bridgehead atoms. The molecule has 0 amide bonds. The lowest BCUT2D eigenvalue weighted by Gasteiger charge is -2.04. The number of halogens is 1. The summed E-state index contributed by atoms with van der Waals surface area (Å²) in [5.41, 5.74) is 5.74. The van der Waals surface area contributed by atoms with Gasteiger partial charge in [-0.25, -0.2) is 4.39 Å². The third-order valence-corrected chi connectivity index (χ3v) is 5.96. The molecule has 0 nitrogen and oxygen atoms in total. The highest BCUT2D eigenvalue weighted by molar-refractivity contribution is 5.48. The van der Waals surface area contributed by atoms with Crippen molar-refractivity contribution in [3.63, 3.8) is 0 Å². The topological polar surface area (TPSA) is 0 Å². The van der Waals surface area contributed by atoms with Gasteiger partial charge in [-0.3, -0.25) is 0 Å².